The predicted octanol–water partition coefficient (Wildman–Crippen LogP) is 9.25. The van der Waals surface area contributed by atoms with Crippen molar-refractivity contribution in [2.24, 2.45) is 0 Å². The van der Waals surface area contributed by atoms with Crippen LogP contribution in [0, 0.1) is 0 Å². The summed E-state index contributed by atoms with van der Waals surface area (Å²) in [5.74, 6) is 1.41. The summed E-state index contributed by atoms with van der Waals surface area (Å²) in [6.45, 7) is 4.46. The van der Waals surface area contributed by atoms with Crippen molar-refractivity contribution in [3.05, 3.63) is 53.6 Å². The standard InChI is InChI=1S/C30H46O5S/c1-3-5-7-9-11-13-15-19-26-21-17-18-22-29(26)34-30-25-28(35-36(31,32)33)24-23-27(30)20-16-14-12-10-8-6-4-2/h17-18,21-25H,3-16,19-20H2,1-2H3,(H,31,32,33). The van der Waals surface area contributed by atoms with Crippen LogP contribution < -0.4 is 8.92 Å². The summed E-state index contributed by atoms with van der Waals surface area (Å²) >= 11 is 0. The summed E-state index contributed by atoms with van der Waals surface area (Å²) in [6.07, 6.45) is 19.1. The molecule has 6 heteroatoms. The normalized spacial score (nSPS) is 11.5. The molecule has 0 fully saturated rings. The van der Waals surface area contributed by atoms with Crippen LogP contribution in [-0.4, -0.2) is 13.0 Å². The molecule has 2 rings (SSSR count). The van der Waals surface area contributed by atoms with Crippen LogP contribution in [0.3, 0.4) is 0 Å². The van der Waals surface area contributed by atoms with Crippen molar-refractivity contribution >= 4 is 10.4 Å². The Morgan fingerprint density at radius 3 is 1.69 bits per heavy atom. The smallest absolute Gasteiger partial charge is 0.446 e. The second-order valence-corrected chi connectivity index (χ2v) is 10.8. The summed E-state index contributed by atoms with van der Waals surface area (Å²) in [5, 5.41) is 0. The van der Waals surface area contributed by atoms with Crippen molar-refractivity contribution in [2.45, 2.75) is 117 Å². The summed E-state index contributed by atoms with van der Waals surface area (Å²) in [5.41, 5.74) is 2.16. The van der Waals surface area contributed by atoms with E-state index in [1.54, 1.807) is 12.1 Å². The minimum absolute atomic E-state index is 0.0420. The number of unbranched alkanes of at least 4 members (excludes halogenated alkanes) is 12. The van der Waals surface area contributed by atoms with Crippen LogP contribution >= 0.6 is 0 Å². The largest absolute Gasteiger partial charge is 0.457 e. The van der Waals surface area contributed by atoms with Crippen molar-refractivity contribution in [1.82, 2.24) is 0 Å². The van der Waals surface area contributed by atoms with Crippen LogP contribution in [0.25, 0.3) is 0 Å². The zero-order valence-electron chi connectivity index (χ0n) is 22.3. The second kappa shape index (κ2) is 17.4. The SMILES string of the molecule is CCCCCCCCCc1ccccc1Oc1cc(OS(=O)(=O)O)ccc1CCCCCCCCC. The molecule has 0 atom stereocenters. The zero-order valence-corrected chi connectivity index (χ0v) is 23.2. The van der Waals surface area contributed by atoms with Crippen molar-refractivity contribution < 1.29 is 21.9 Å². The van der Waals surface area contributed by atoms with E-state index in [2.05, 4.69) is 19.9 Å². The first-order valence-corrected chi connectivity index (χ1v) is 15.3. The molecule has 0 heterocycles. The van der Waals surface area contributed by atoms with Gasteiger partial charge in [-0.25, -0.2) is 0 Å². The Hall–Kier alpha value is -2.05. The Bertz CT molecular complexity index is 971. The van der Waals surface area contributed by atoms with Gasteiger partial charge in [0.1, 0.15) is 17.2 Å². The summed E-state index contributed by atoms with van der Waals surface area (Å²) in [4.78, 5) is 0. The number of para-hydroxylation sites is 1. The van der Waals surface area contributed by atoms with Crippen molar-refractivity contribution in [3.63, 3.8) is 0 Å². The highest BCUT2D eigenvalue weighted by atomic mass is 32.3. The lowest BCUT2D eigenvalue weighted by molar-refractivity contribution is 0.385. The number of hydrogen-bond acceptors (Lipinski definition) is 4. The number of ether oxygens (including phenoxy) is 1. The first-order valence-electron chi connectivity index (χ1n) is 14.0. The topological polar surface area (TPSA) is 72.8 Å². The van der Waals surface area contributed by atoms with Gasteiger partial charge in [0.2, 0.25) is 0 Å². The first-order chi connectivity index (χ1) is 17.4. The zero-order chi connectivity index (χ0) is 26.1. The van der Waals surface area contributed by atoms with Crippen molar-refractivity contribution in [1.29, 1.82) is 0 Å². The third-order valence-electron chi connectivity index (χ3n) is 6.53. The second-order valence-electron chi connectivity index (χ2n) is 9.73. The maximum Gasteiger partial charge on any atom is 0.446 e. The molecule has 0 radical (unpaired) electrons. The highest BCUT2D eigenvalue weighted by Crippen LogP contribution is 2.33. The van der Waals surface area contributed by atoms with Gasteiger partial charge < -0.3 is 8.92 Å². The van der Waals surface area contributed by atoms with Gasteiger partial charge in [-0.3, -0.25) is 4.55 Å². The van der Waals surface area contributed by atoms with Crippen LogP contribution in [0.1, 0.15) is 115 Å². The van der Waals surface area contributed by atoms with Crippen LogP contribution in [-0.2, 0) is 23.2 Å². The molecule has 0 aliphatic carbocycles. The van der Waals surface area contributed by atoms with Gasteiger partial charge in [0, 0.05) is 6.07 Å². The Morgan fingerprint density at radius 2 is 1.14 bits per heavy atom. The first kappa shape index (κ1) is 30.2. The number of rotatable bonds is 20. The maximum absolute atomic E-state index is 11.3. The Kier molecular flexibility index (Phi) is 14.6. The summed E-state index contributed by atoms with van der Waals surface area (Å²) in [6, 6.07) is 13.0. The van der Waals surface area contributed by atoms with Gasteiger partial charge >= 0.3 is 10.4 Å². The molecule has 2 aromatic carbocycles. The number of benzene rings is 2. The molecule has 202 valence electrons. The maximum atomic E-state index is 11.3. The molecule has 0 aromatic heterocycles. The summed E-state index contributed by atoms with van der Waals surface area (Å²) < 4.78 is 42.7. The van der Waals surface area contributed by atoms with Gasteiger partial charge in [-0.05, 0) is 48.9 Å². The molecule has 0 unspecified atom stereocenters. The van der Waals surface area contributed by atoms with E-state index < -0.39 is 10.4 Å². The fourth-order valence-electron chi connectivity index (χ4n) is 4.48. The number of hydrogen-bond donors (Lipinski definition) is 1. The quantitative estimate of drug-likeness (QED) is 0.140. The van der Waals surface area contributed by atoms with Gasteiger partial charge in [-0.2, -0.15) is 8.42 Å². The molecular formula is C30H46O5S. The third kappa shape index (κ3) is 12.8. The van der Waals surface area contributed by atoms with E-state index in [1.807, 2.05) is 24.3 Å². The lowest BCUT2D eigenvalue weighted by Gasteiger charge is -2.16. The molecule has 1 N–H and O–H groups in total. The molecule has 0 saturated carbocycles. The van der Waals surface area contributed by atoms with E-state index >= 15 is 0 Å². The monoisotopic (exact) mass is 518 g/mol. The molecule has 0 amide bonds. The van der Waals surface area contributed by atoms with Crippen LogP contribution in [0.15, 0.2) is 42.5 Å². The molecule has 0 spiro atoms. The lowest BCUT2D eigenvalue weighted by atomic mass is 10.0. The van der Waals surface area contributed by atoms with E-state index in [0.717, 1.165) is 49.0 Å². The van der Waals surface area contributed by atoms with Gasteiger partial charge in [0.25, 0.3) is 0 Å². The fourth-order valence-corrected chi connectivity index (χ4v) is 4.83. The molecule has 2 aromatic rings. The van der Waals surface area contributed by atoms with Crippen LogP contribution in [0.2, 0.25) is 0 Å². The molecular weight excluding hydrogens is 472 g/mol. The van der Waals surface area contributed by atoms with Gasteiger partial charge in [0.05, 0.1) is 0 Å². The fraction of sp³-hybridized carbons (Fsp3) is 0.600. The molecule has 0 bridgehead atoms. The van der Waals surface area contributed by atoms with Crippen LogP contribution in [0.4, 0.5) is 0 Å². The van der Waals surface area contributed by atoms with E-state index in [-0.39, 0.29) is 5.75 Å². The molecule has 0 aliphatic heterocycles. The lowest BCUT2D eigenvalue weighted by Crippen LogP contribution is -2.07. The highest BCUT2D eigenvalue weighted by molar-refractivity contribution is 7.81. The van der Waals surface area contributed by atoms with Crippen LogP contribution in [0.5, 0.6) is 17.2 Å². The average Bonchev–Trinajstić information content (AvgIpc) is 2.84. The Labute approximate surface area is 219 Å². The molecule has 0 aliphatic rings. The molecule has 36 heavy (non-hydrogen) atoms. The molecule has 0 saturated heterocycles. The van der Waals surface area contributed by atoms with E-state index in [1.165, 1.54) is 70.6 Å². The Balaban J connectivity index is 2.04. The minimum Gasteiger partial charge on any atom is -0.457 e. The minimum atomic E-state index is -4.60. The van der Waals surface area contributed by atoms with Gasteiger partial charge in [-0.1, -0.05) is 115 Å². The molecule has 5 nitrogen and oxygen atoms in total. The average molecular weight is 519 g/mol. The van der Waals surface area contributed by atoms with E-state index in [0.29, 0.717) is 5.75 Å². The van der Waals surface area contributed by atoms with Gasteiger partial charge in [-0.15, -0.1) is 0 Å². The van der Waals surface area contributed by atoms with E-state index in [4.69, 9.17) is 13.5 Å². The number of aryl methyl sites for hydroxylation is 2. The van der Waals surface area contributed by atoms with Crippen molar-refractivity contribution in [2.75, 3.05) is 0 Å². The van der Waals surface area contributed by atoms with Gasteiger partial charge in [0.15, 0.2) is 0 Å². The summed E-state index contributed by atoms with van der Waals surface area (Å²) in [7, 11) is -4.60. The van der Waals surface area contributed by atoms with E-state index in [9.17, 15) is 8.42 Å². The Morgan fingerprint density at radius 1 is 0.639 bits per heavy atom. The predicted molar refractivity (Wildman–Crippen MR) is 149 cm³/mol. The van der Waals surface area contributed by atoms with Crippen molar-refractivity contribution in [3.8, 4) is 17.2 Å². The highest BCUT2D eigenvalue weighted by Gasteiger charge is 2.13. The third-order valence-corrected chi connectivity index (χ3v) is 6.94.